The third kappa shape index (κ3) is 5.56. The maximum Gasteiger partial charge on any atom is 0.330 e. The SMILES string of the molecule is COCCN(C(=O)C1CC(=O)N(Cc2ccc(C)cc2)C1)c1c(N)n(CC(C)C)c(=O)[nH]c1=O. The summed E-state index contributed by atoms with van der Waals surface area (Å²) < 4.78 is 6.40. The second-order valence-electron chi connectivity index (χ2n) is 9.14. The normalized spacial score (nSPS) is 15.9. The van der Waals surface area contributed by atoms with E-state index >= 15 is 0 Å². The zero-order valence-corrected chi connectivity index (χ0v) is 20.2. The van der Waals surface area contributed by atoms with Gasteiger partial charge in [-0.15, -0.1) is 0 Å². The first-order chi connectivity index (χ1) is 16.1. The first kappa shape index (κ1) is 25.2. The van der Waals surface area contributed by atoms with Gasteiger partial charge < -0.3 is 20.3 Å². The molecule has 0 aliphatic carbocycles. The van der Waals surface area contributed by atoms with E-state index in [2.05, 4.69) is 4.98 Å². The molecule has 3 rings (SSSR count). The fourth-order valence-corrected chi connectivity index (χ4v) is 4.12. The molecule has 1 aromatic heterocycles. The smallest absolute Gasteiger partial charge is 0.330 e. The molecule has 0 radical (unpaired) electrons. The van der Waals surface area contributed by atoms with Crippen LogP contribution in [0.25, 0.3) is 0 Å². The van der Waals surface area contributed by atoms with Crippen LogP contribution in [-0.2, 0) is 27.4 Å². The largest absolute Gasteiger partial charge is 0.383 e. The number of nitrogens with two attached hydrogens (primary N) is 1. The average molecular weight is 472 g/mol. The second kappa shape index (κ2) is 10.7. The predicted octanol–water partition coefficient (Wildman–Crippen LogP) is 1.11. The number of anilines is 2. The van der Waals surface area contributed by atoms with Crippen LogP contribution in [0.1, 0.15) is 31.4 Å². The number of carbonyl (C=O) groups excluding carboxylic acids is 2. The summed E-state index contributed by atoms with van der Waals surface area (Å²) in [6, 6.07) is 7.87. The van der Waals surface area contributed by atoms with Crippen LogP contribution in [0.5, 0.6) is 0 Å². The summed E-state index contributed by atoms with van der Waals surface area (Å²) in [5, 5.41) is 0. The van der Waals surface area contributed by atoms with Gasteiger partial charge in [0.1, 0.15) is 5.82 Å². The van der Waals surface area contributed by atoms with Crippen LogP contribution in [0.3, 0.4) is 0 Å². The number of H-pyrrole nitrogens is 1. The molecule has 1 unspecified atom stereocenters. The van der Waals surface area contributed by atoms with E-state index in [0.29, 0.717) is 6.54 Å². The minimum Gasteiger partial charge on any atom is -0.383 e. The molecule has 1 aliphatic rings. The first-order valence-corrected chi connectivity index (χ1v) is 11.4. The van der Waals surface area contributed by atoms with Crippen LogP contribution >= 0.6 is 0 Å². The number of benzene rings is 1. The molecule has 0 bridgehead atoms. The summed E-state index contributed by atoms with van der Waals surface area (Å²) in [5.74, 6) is -1.16. The summed E-state index contributed by atoms with van der Waals surface area (Å²) in [6.07, 6.45) is 0.0393. The molecule has 0 spiro atoms. The number of aromatic amines is 1. The van der Waals surface area contributed by atoms with Crippen molar-refractivity contribution in [3.63, 3.8) is 0 Å². The maximum absolute atomic E-state index is 13.6. The number of hydrogen-bond acceptors (Lipinski definition) is 6. The fraction of sp³-hybridized carbons (Fsp3) is 0.500. The molecule has 2 aromatic rings. The number of nitrogens with zero attached hydrogens (tertiary/aromatic N) is 3. The lowest BCUT2D eigenvalue weighted by molar-refractivity contribution is -0.128. The molecule has 2 heterocycles. The monoisotopic (exact) mass is 471 g/mol. The number of aryl methyl sites for hydroxylation is 1. The number of likely N-dealkylation sites (tertiary alicyclic amines) is 1. The Balaban J connectivity index is 1.89. The third-order valence-electron chi connectivity index (χ3n) is 5.87. The Bertz CT molecular complexity index is 1150. The minimum atomic E-state index is -0.743. The van der Waals surface area contributed by atoms with E-state index in [0.717, 1.165) is 11.1 Å². The van der Waals surface area contributed by atoms with Crippen molar-refractivity contribution < 1.29 is 14.3 Å². The number of carbonyl (C=O) groups is 2. The lowest BCUT2D eigenvalue weighted by Gasteiger charge is -2.27. The van der Waals surface area contributed by atoms with Gasteiger partial charge in [-0.2, -0.15) is 0 Å². The molecular formula is C24H33N5O5. The summed E-state index contributed by atoms with van der Waals surface area (Å²) >= 11 is 0. The quantitative estimate of drug-likeness (QED) is 0.563. The van der Waals surface area contributed by atoms with Crippen LogP contribution in [0.15, 0.2) is 33.9 Å². The van der Waals surface area contributed by atoms with Crippen molar-refractivity contribution in [3.05, 3.63) is 56.2 Å². The summed E-state index contributed by atoms with van der Waals surface area (Å²) in [6.45, 7) is 6.96. The Morgan fingerprint density at radius 1 is 1.24 bits per heavy atom. The number of aromatic nitrogens is 2. The van der Waals surface area contributed by atoms with Crippen molar-refractivity contribution >= 4 is 23.3 Å². The van der Waals surface area contributed by atoms with Gasteiger partial charge in [0.15, 0.2) is 5.69 Å². The molecule has 1 aliphatic heterocycles. The molecule has 3 N–H and O–H groups in total. The van der Waals surface area contributed by atoms with Gasteiger partial charge in [-0.25, -0.2) is 4.79 Å². The molecular weight excluding hydrogens is 438 g/mol. The van der Waals surface area contributed by atoms with Crippen LogP contribution in [-0.4, -0.2) is 53.1 Å². The van der Waals surface area contributed by atoms with Gasteiger partial charge >= 0.3 is 5.69 Å². The minimum absolute atomic E-state index is 0.0393. The molecule has 2 amide bonds. The Morgan fingerprint density at radius 2 is 1.91 bits per heavy atom. The lowest BCUT2D eigenvalue weighted by atomic mass is 10.1. The maximum atomic E-state index is 13.6. The Hall–Kier alpha value is -3.40. The van der Waals surface area contributed by atoms with Crippen molar-refractivity contribution in [1.29, 1.82) is 0 Å². The molecule has 1 fully saturated rings. The number of ether oxygens (including phenoxy) is 1. The summed E-state index contributed by atoms with van der Waals surface area (Å²) in [4.78, 5) is 56.5. The molecule has 10 nitrogen and oxygen atoms in total. The fourth-order valence-electron chi connectivity index (χ4n) is 4.12. The number of rotatable bonds is 9. The van der Waals surface area contributed by atoms with Gasteiger partial charge in [0, 0.05) is 39.7 Å². The summed E-state index contributed by atoms with van der Waals surface area (Å²) in [7, 11) is 1.48. The van der Waals surface area contributed by atoms with E-state index in [-0.39, 0.29) is 56.0 Å². The van der Waals surface area contributed by atoms with E-state index in [1.54, 1.807) is 4.90 Å². The van der Waals surface area contributed by atoms with Crippen molar-refractivity contribution in [1.82, 2.24) is 14.5 Å². The first-order valence-electron chi connectivity index (χ1n) is 11.4. The van der Waals surface area contributed by atoms with Crippen LogP contribution in [0.4, 0.5) is 11.5 Å². The van der Waals surface area contributed by atoms with Gasteiger partial charge in [0.05, 0.1) is 12.5 Å². The van der Waals surface area contributed by atoms with E-state index in [4.69, 9.17) is 10.5 Å². The number of hydrogen-bond donors (Lipinski definition) is 2. The van der Waals surface area contributed by atoms with Gasteiger partial charge in [-0.05, 0) is 18.4 Å². The van der Waals surface area contributed by atoms with E-state index < -0.39 is 23.1 Å². The Kier molecular flexibility index (Phi) is 7.93. The molecule has 184 valence electrons. The highest BCUT2D eigenvalue weighted by Gasteiger charge is 2.38. The van der Waals surface area contributed by atoms with E-state index in [1.165, 1.54) is 16.6 Å². The highest BCUT2D eigenvalue weighted by molar-refractivity contribution is 6.00. The number of nitrogens with one attached hydrogen (secondary N) is 1. The Labute approximate surface area is 198 Å². The molecule has 1 atom stereocenters. The highest BCUT2D eigenvalue weighted by atomic mass is 16.5. The number of methoxy groups -OCH3 is 1. The molecule has 1 aromatic carbocycles. The number of nitrogen functional groups attached to an aromatic ring is 1. The van der Waals surface area contributed by atoms with E-state index in [9.17, 15) is 19.2 Å². The third-order valence-corrected chi connectivity index (χ3v) is 5.87. The molecule has 10 heteroatoms. The predicted molar refractivity (Wildman–Crippen MR) is 130 cm³/mol. The average Bonchev–Trinajstić information content (AvgIpc) is 3.14. The van der Waals surface area contributed by atoms with Crippen molar-refractivity contribution in [2.45, 2.75) is 40.3 Å². The zero-order chi connectivity index (χ0) is 25.0. The second-order valence-corrected chi connectivity index (χ2v) is 9.14. The number of amides is 2. The molecule has 0 saturated carbocycles. The van der Waals surface area contributed by atoms with Gasteiger partial charge in [-0.3, -0.25) is 23.9 Å². The topological polar surface area (TPSA) is 131 Å². The van der Waals surface area contributed by atoms with E-state index in [1.807, 2.05) is 45.0 Å². The standard InChI is InChI=1S/C24H33N5O5/c1-15(2)12-29-21(25)20(22(31)26-24(29)33)28(9-10-34-4)23(32)18-11-19(30)27(14-18)13-17-7-5-16(3)6-8-17/h5-8,15,18H,9-14,25H2,1-4H3,(H,26,31,33). The zero-order valence-electron chi connectivity index (χ0n) is 20.2. The van der Waals surface area contributed by atoms with Crippen molar-refractivity contribution in [3.8, 4) is 0 Å². The lowest BCUT2D eigenvalue weighted by Crippen LogP contribution is -2.45. The van der Waals surface area contributed by atoms with Crippen molar-refractivity contribution in [2.75, 3.05) is 37.4 Å². The highest BCUT2D eigenvalue weighted by Crippen LogP contribution is 2.26. The van der Waals surface area contributed by atoms with Crippen LogP contribution in [0.2, 0.25) is 0 Å². The van der Waals surface area contributed by atoms with Gasteiger partial charge in [0.2, 0.25) is 11.8 Å². The van der Waals surface area contributed by atoms with Crippen LogP contribution in [0, 0.1) is 18.8 Å². The molecule has 1 saturated heterocycles. The van der Waals surface area contributed by atoms with Crippen LogP contribution < -0.4 is 21.9 Å². The van der Waals surface area contributed by atoms with Gasteiger partial charge in [0.25, 0.3) is 5.56 Å². The summed E-state index contributed by atoms with van der Waals surface area (Å²) in [5.41, 5.74) is 6.88. The molecule has 34 heavy (non-hydrogen) atoms. The Morgan fingerprint density at radius 3 is 2.53 bits per heavy atom. The van der Waals surface area contributed by atoms with Gasteiger partial charge in [-0.1, -0.05) is 43.7 Å². The van der Waals surface area contributed by atoms with Crippen molar-refractivity contribution in [2.24, 2.45) is 11.8 Å².